The van der Waals surface area contributed by atoms with E-state index in [1.807, 2.05) is 17.5 Å². The molecule has 5 nitrogen and oxygen atoms in total. The van der Waals surface area contributed by atoms with Crippen molar-refractivity contribution in [3.8, 4) is 0 Å². The Morgan fingerprint density at radius 2 is 2.05 bits per heavy atom. The van der Waals surface area contributed by atoms with E-state index in [9.17, 15) is 4.79 Å². The fourth-order valence-corrected chi connectivity index (χ4v) is 3.40. The Morgan fingerprint density at radius 1 is 1.27 bits per heavy atom. The molecule has 6 heteroatoms. The zero-order valence-electron chi connectivity index (χ0n) is 12.5. The van der Waals surface area contributed by atoms with Crippen molar-refractivity contribution in [3.63, 3.8) is 0 Å². The van der Waals surface area contributed by atoms with Gasteiger partial charge in [0.2, 0.25) is 5.91 Å². The van der Waals surface area contributed by atoms with E-state index in [4.69, 9.17) is 0 Å². The molecule has 0 spiro atoms. The van der Waals surface area contributed by atoms with Gasteiger partial charge in [-0.3, -0.25) is 14.7 Å². The van der Waals surface area contributed by atoms with E-state index >= 15 is 0 Å². The van der Waals surface area contributed by atoms with Crippen LogP contribution in [0.2, 0.25) is 0 Å². The van der Waals surface area contributed by atoms with Gasteiger partial charge < -0.3 is 5.32 Å². The number of carbonyl (C=O) groups excluding carboxylic acids is 1. The van der Waals surface area contributed by atoms with Crippen LogP contribution in [0.5, 0.6) is 0 Å². The maximum absolute atomic E-state index is 12.0. The van der Waals surface area contributed by atoms with Crippen LogP contribution in [-0.4, -0.2) is 33.9 Å². The molecule has 0 atom stereocenters. The molecule has 116 valence electrons. The fourth-order valence-electron chi connectivity index (χ4n) is 2.56. The van der Waals surface area contributed by atoms with E-state index in [1.54, 1.807) is 23.7 Å². The lowest BCUT2D eigenvalue weighted by Gasteiger charge is -2.11. The minimum absolute atomic E-state index is 0.00911. The van der Waals surface area contributed by atoms with Crippen molar-refractivity contribution in [2.45, 2.75) is 32.4 Å². The van der Waals surface area contributed by atoms with Gasteiger partial charge in [0.1, 0.15) is 5.01 Å². The highest BCUT2D eigenvalue weighted by atomic mass is 32.1. The van der Waals surface area contributed by atoms with Crippen molar-refractivity contribution in [1.82, 2.24) is 20.2 Å². The maximum atomic E-state index is 12.0. The second kappa shape index (κ2) is 7.47. The summed E-state index contributed by atoms with van der Waals surface area (Å²) >= 11 is 1.65. The number of nitrogens with one attached hydrogen (secondary N) is 1. The SMILES string of the molecule is O=C(Cc1csc(CN2CCCC2)n1)NCc1ccncc1. The number of likely N-dealkylation sites (tertiary alicyclic amines) is 1. The molecule has 1 saturated heterocycles. The Balaban J connectivity index is 1.46. The summed E-state index contributed by atoms with van der Waals surface area (Å²) in [6.45, 7) is 3.79. The van der Waals surface area contributed by atoms with Crippen LogP contribution in [0.1, 0.15) is 29.1 Å². The van der Waals surface area contributed by atoms with Gasteiger partial charge in [0.05, 0.1) is 18.7 Å². The molecule has 2 aromatic heterocycles. The van der Waals surface area contributed by atoms with Crippen LogP contribution in [-0.2, 0) is 24.3 Å². The minimum Gasteiger partial charge on any atom is -0.352 e. The lowest BCUT2D eigenvalue weighted by atomic mass is 10.2. The van der Waals surface area contributed by atoms with Crippen molar-refractivity contribution in [2.24, 2.45) is 0 Å². The van der Waals surface area contributed by atoms with Gasteiger partial charge in [0, 0.05) is 24.3 Å². The number of aromatic nitrogens is 2. The number of pyridine rings is 1. The van der Waals surface area contributed by atoms with Gasteiger partial charge in [0.15, 0.2) is 0 Å². The van der Waals surface area contributed by atoms with E-state index in [1.165, 1.54) is 25.9 Å². The first kappa shape index (κ1) is 15.1. The van der Waals surface area contributed by atoms with E-state index in [0.717, 1.165) is 22.8 Å². The predicted molar refractivity (Wildman–Crippen MR) is 86.4 cm³/mol. The molecule has 1 aliphatic rings. The van der Waals surface area contributed by atoms with Gasteiger partial charge in [-0.25, -0.2) is 4.98 Å². The van der Waals surface area contributed by atoms with Crippen LogP contribution >= 0.6 is 11.3 Å². The van der Waals surface area contributed by atoms with Crippen molar-refractivity contribution >= 4 is 17.2 Å². The van der Waals surface area contributed by atoms with Crippen LogP contribution in [0.15, 0.2) is 29.9 Å². The molecule has 0 unspecified atom stereocenters. The molecule has 1 N–H and O–H groups in total. The molecule has 0 aliphatic carbocycles. The molecule has 0 radical (unpaired) electrons. The first-order valence-electron chi connectivity index (χ1n) is 7.61. The van der Waals surface area contributed by atoms with Gasteiger partial charge in [0.25, 0.3) is 0 Å². The molecule has 3 heterocycles. The predicted octanol–water partition coefficient (Wildman–Crippen LogP) is 1.99. The van der Waals surface area contributed by atoms with Crippen LogP contribution in [0.4, 0.5) is 0 Å². The number of thiazole rings is 1. The zero-order valence-corrected chi connectivity index (χ0v) is 13.3. The standard InChI is InChI=1S/C16H20N4OS/c21-15(18-10-13-3-5-17-6-4-13)9-14-12-22-16(19-14)11-20-7-1-2-8-20/h3-6,12H,1-2,7-11H2,(H,18,21). The average Bonchev–Trinajstić information content (AvgIpc) is 3.19. The monoisotopic (exact) mass is 316 g/mol. The number of amides is 1. The summed E-state index contributed by atoms with van der Waals surface area (Å²) < 4.78 is 0. The van der Waals surface area contributed by atoms with Gasteiger partial charge in [-0.1, -0.05) is 0 Å². The molecular formula is C16H20N4OS. The molecule has 0 aromatic carbocycles. The van der Waals surface area contributed by atoms with Crippen molar-refractivity contribution in [3.05, 3.63) is 46.2 Å². The van der Waals surface area contributed by atoms with Crippen molar-refractivity contribution in [2.75, 3.05) is 13.1 Å². The van der Waals surface area contributed by atoms with Crippen LogP contribution < -0.4 is 5.32 Å². The Bertz CT molecular complexity index is 608. The van der Waals surface area contributed by atoms with Gasteiger partial charge >= 0.3 is 0 Å². The first-order chi connectivity index (χ1) is 10.8. The molecule has 2 aromatic rings. The summed E-state index contributed by atoms with van der Waals surface area (Å²) in [6, 6.07) is 3.80. The second-order valence-electron chi connectivity index (χ2n) is 5.52. The Kier molecular flexibility index (Phi) is 5.13. The quantitative estimate of drug-likeness (QED) is 0.885. The van der Waals surface area contributed by atoms with Crippen molar-refractivity contribution < 1.29 is 4.79 Å². The molecule has 0 saturated carbocycles. The molecule has 3 rings (SSSR count). The Hall–Kier alpha value is -1.79. The fraction of sp³-hybridized carbons (Fsp3) is 0.438. The summed E-state index contributed by atoms with van der Waals surface area (Å²) in [5.74, 6) is 0.00911. The van der Waals surface area contributed by atoms with Gasteiger partial charge in [-0.15, -0.1) is 11.3 Å². The number of rotatable bonds is 6. The highest BCUT2D eigenvalue weighted by Gasteiger charge is 2.14. The minimum atomic E-state index is 0.00911. The summed E-state index contributed by atoms with van der Waals surface area (Å²) in [6.07, 6.45) is 6.38. The Morgan fingerprint density at radius 3 is 2.82 bits per heavy atom. The normalized spacial score (nSPS) is 15.1. The van der Waals surface area contributed by atoms with Crippen LogP contribution in [0, 0.1) is 0 Å². The van der Waals surface area contributed by atoms with Gasteiger partial charge in [-0.2, -0.15) is 0 Å². The number of carbonyl (C=O) groups is 1. The molecule has 1 aliphatic heterocycles. The van der Waals surface area contributed by atoms with Crippen molar-refractivity contribution in [1.29, 1.82) is 0 Å². The first-order valence-corrected chi connectivity index (χ1v) is 8.49. The van der Waals surface area contributed by atoms with E-state index in [2.05, 4.69) is 20.2 Å². The topological polar surface area (TPSA) is 58.1 Å². The smallest absolute Gasteiger partial charge is 0.226 e. The van der Waals surface area contributed by atoms with E-state index in [-0.39, 0.29) is 5.91 Å². The molecule has 0 bridgehead atoms. The third-order valence-corrected chi connectivity index (χ3v) is 4.62. The van der Waals surface area contributed by atoms with E-state index in [0.29, 0.717) is 13.0 Å². The largest absolute Gasteiger partial charge is 0.352 e. The number of nitrogens with zero attached hydrogens (tertiary/aromatic N) is 3. The second-order valence-corrected chi connectivity index (χ2v) is 6.47. The van der Waals surface area contributed by atoms with Gasteiger partial charge in [-0.05, 0) is 43.6 Å². The third kappa shape index (κ3) is 4.35. The highest BCUT2D eigenvalue weighted by Crippen LogP contribution is 2.16. The summed E-state index contributed by atoms with van der Waals surface area (Å²) in [4.78, 5) is 22.9. The Labute approximate surface area is 134 Å². The number of hydrogen-bond donors (Lipinski definition) is 1. The average molecular weight is 316 g/mol. The van der Waals surface area contributed by atoms with Crippen LogP contribution in [0.3, 0.4) is 0 Å². The summed E-state index contributed by atoms with van der Waals surface area (Å²) in [7, 11) is 0. The third-order valence-electron chi connectivity index (χ3n) is 3.74. The maximum Gasteiger partial charge on any atom is 0.226 e. The molecular weight excluding hydrogens is 296 g/mol. The lowest BCUT2D eigenvalue weighted by Crippen LogP contribution is -2.24. The molecule has 1 amide bonds. The van der Waals surface area contributed by atoms with E-state index < -0.39 is 0 Å². The lowest BCUT2D eigenvalue weighted by molar-refractivity contribution is -0.120. The summed E-state index contributed by atoms with van der Waals surface area (Å²) in [5.41, 5.74) is 1.92. The van der Waals surface area contributed by atoms with Crippen LogP contribution in [0.25, 0.3) is 0 Å². The molecule has 22 heavy (non-hydrogen) atoms. The number of hydrogen-bond acceptors (Lipinski definition) is 5. The molecule has 1 fully saturated rings. The highest BCUT2D eigenvalue weighted by molar-refractivity contribution is 7.09. The zero-order chi connectivity index (χ0) is 15.2. The summed E-state index contributed by atoms with van der Waals surface area (Å²) in [5, 5.41) is 6.02.